The summed E-state index contributed by atoms with van der Waals surface area (Å²) in [6.45, 7) is 24.0. The standard InChI is InChI=1S/C37H49IO5Si2/c1-36(2,3)44(7,8)42-27-16-18-31-32(23-27)40-21-19-30-29-17-15-28(43-45(9,10)37(4,5)6)24-33(29)41-35(34(30)31)25-11-13-26(14-12-25)39-22-20-38/h11-18,23-24,35H,19-22H2,1-10H3/t35-/m1/s1. The number of rotatable bonds is 8. The molecule has 3 aromatic carbocycles. The Balaban J connectivity index is 1.61. The van der Waals surface area contributed by atoms with Crippen molar-refractivity contribution in [3.8, 4) is 28.7 Å². The summed E-state index contributed by atoms with van der Waals surface area (Å²) in [5, 5.41) is 0.195. The summed E-state index contributed by atoms with van der Waals surface area (Å²) in [7, 11) is -4.04. The molecule has 0 radical (unpaired) electrons. The van der Waals surface area contributed by atoms with E-state index in [-0.39, 0.29) is 16.2 Å². The normalized spacial score (nSPS) is 16.8. The van der Waals surface area contributed by atoms with Gasteiger partial charge in [0.15, 0.2) is 0 Å². The van der Waals surface area contributed by atoms with Crippen molar-refractivity contribution in [1.29, 1.82) is 0 Å². The molecule has 8 heteroatoms. The molecule has 0 fully saturated rings. The van der Waals surface area contributed by atoms with Crippen molar-refractivity contribution in [1.82, 2.24) is 0 Å². The van der Waals surface area contributed by atoms with E-state index >= 15 is 0 Å². The smallest absolute Gasteiger partial charge is 0.250 e. The Morgan fingerprint density at radius 2 is 1.27 bits per heavy atom. The highest BCUT2D eigenvalue weighted by molar-refractivity contribution is 14.1. The van der Waals surface area contributed by atoms with Gasteiger partial charge in [-0.2, -0.15) is 0 Å². The van der Waals surface area contributed by atoms with Crippen LogP contribution in [0.2, 0.25) is 36.3 Å². The lowest BCUT2D eigenvalue weighted by Gasteiger charge is -2.37. The van der Waals surface area contributed by atoms with E-state index in [0.29, 0.717) is 13.2 Å². The van der Waals surface area contributed by atoms with E-state index in [1.165, 1.54) is 5.57 Å². The van der Waals surface area contributed by atoms with Crippen molar-refractivity contribution < 1.29 is 23.1 Å². The highest BCUT2D eigenvalue weighted by Crippen LogP contribution is 2.53. The SMILES string of the molecule is CC(C)(C)[Si](C)(C)Oc1ccc2c(c1)O[C@H](c1ccc(OCCI)cc1)C1=C2CCOc2cc(O[Si](C)(C)C(C)(C)C)ccc21. The van der Waals surface area contributed by atoms with Gasteiger partial charge in [-0.15, -0.1) is 0 Å². The Morgan fingerprint density at radius 1 is 0.733 bits per heavy atom. The predicted molar refractivity (Wildman–Crippen MR) is 200 cm³/mol. The predicted octanol–water partition coefficient (Wildman–Crippen LogP) is 11.1. The van der Waals surface area contributed by atoms with Crippen LogP contribution in [0.4, 0.5) is 0 Å². The Bertz CT molecular complexity index is 1570. The minimum Gasteiger partial charge on any atom is -0.543 e. The summed E-state index contributed by atoms with van der Waals surface area (Å²) in [5.74, 6) is 4.28. The van der Waals surface area contributed by atoms with Crippen molar-refractivity contribution in [3.05, 3.63) is 77.4 Å². The van der Waals surface area contributed by atoms with Crippen LogP contribution < -0.4 is 23.1 Å². The van der Waals surface area contributed by atoms with Crippen LogP contribution in [0, 0.1) is 0 Å². The van der Waals surface area contributed by atoms with Crippen LogP contribution in [0.15, 0.2) is 60.7 Å². The van der Waals surface area contributed by atoms with Crippen LogP contribution in [0.25, 0.3) is 11.1 Å². The van der Waals surface area contributed by atoms with Gasteiger partial charge in [0.05, 0.1) is 13.2 Å². The van der Waals surface area contributed by atoms with E-state index in [0.717, 1.165) is 61.9 Å². The molecular formula is C37H49IO5Si2. The average molecular weight is 757 g/mol. The maximum Gasteiger partial charge on any atom is 0.250 e. The number of fused-ring (bicyclic) bond motifs is 4. The lowest BCUT2D eigenvalue weighted by molar-refractivity contribution is 0.259. The minimum atomic E-state index is -2.03. The Morgan fingerprint density at radius 3 is 1.82 bits per heavy atom. The third kappa shape index (κ3) is 7.12. The zero-order valence-electron chi connectivity index (χ0n) is 28.6. The fourth-order valence-electron chi connectivity index (χ4n) is 5.17. The molecule has 0 unspecified atom stereocenters. The van der Waals surface area contributed by atoms with Gasteiger partial charge in [-0.05, 0) is 83.8 Å². The van der Waals surface area contributed by atoms with Crippen LogP contribution in [-0.4, -0.2) is 34.3 Å². The van der Waals surface area contributed by atoms with E-state index in [2.05, 4.69) is 139 Å². The van der Waals surface area contributed by atoms with Crippen LogP contribution in [0.1, 0.15) is 70.8 Å². The molecule has 45 heavy (non-hydrogen) atoms. The van der Waals surface area contributed by atoms with Crippen molar-refractivity contribution in [2.75, 3.05) is 17.6 Å². The van der Waals surface area contributed by atoms with Gasteiger partial charge in [0, 0.05) is 39.7 Å². The first kappa shape index (κ1) is 33.9. The number of alkyl halides is 1. The fraction of sp³-hybridized carbons (Fsp3) is 0.459. The first-order valence-corrected chi connectivity index (χ1v) is 23.3. The van der Waals surface area contributed by atoms with Crippen LogP contribution >= 0.6 is 22.6 Å². The quantitative estimate of drug-likeness (QED) is 0.130. The fourth-order valence-corrected chi connectivity index (χ4v) is 7.44. The van der Waals surface area contributed by atoms with Crippen molar-refractivity contribution in [2.45, 2.75) is 90.3 Å². The van der Waals surface area contributed by atoms with Gasteiger partial charge < -0.3 is 23.1 Å². The van der Waals surface area contributed by atoms with E-state index in [1.54, 1.807) is 0 Å². The van der Waals surface area contributed by atoms with Gasteiger partial charge in [-0.25, -0.2) is 0 Å². The van der Waals surface area contributed by atoms with Crippen LogP contribution in [-0.2, 0) is 0 Å². The summed E-state index contributed by atoms with van der Waals surface area (Å²) in [4.78, 5) is 0. The average Bonchev–Trinajstić information content (AvgIpc) is 3.14. The third-order valence-corrected chi connectivity index (χ3v) is 19.0. The Labute approximate surface area is 286 Å². The van der Waals surface area contributed by atoms with Crippen LogP contribution in [0.5, 0.6) is 28.7 Å². The molecule has 0 N–H and O–H groups in total. The van der Waals surface area contributed by atoms with Gasteiger partial charge in [0.25, 0.3) is 0 Å². The Kier molecular flexibility index (Phi) is 9.52. The van der Waals surface area contributed by atoms with Crippen molar-refractivity contribution >= 4 is 50.4 Å². The molecule has 0 saturated heterocycles. The van der Waals surface area contributed by atoms with E-state index in [1.807, 2.05) is 12.1 Å². The Hall–Kier alpha value is -2.44. The molecule has 3 aromatic rings. The molecule has 5 nitrogen and oxygen atoms in total. The zero-order valence-corrected chi connectivity index (χ0v) is 32.8. The zero-order chi connectivity index (χ0) is 32.8. The number of hydrogen-bond acceptors (Lipinski definition) is 5. The van der Waals surface area contributed by atoms with Gasteiger partial charge >= 0.3 is 0 Å². The first-order valence-electron chi connectivity index (χ1n) is 16.0. The molecule has 2 aliphatic heterocycles. The topological polar surface area (TPSA) is 46.2 Å². The molecular weight excluding hydrogens is 707 g/mol. The number of ether oxygens (including phenoxy) is 3. The lowest BCUT2D eigenvalue weighted by atomic mass is 9.84. The van der Waals surface area contributed by atoms with E-state index in [4.69, 9.17) is 23.1 Å². The minimum absolute atomic E-state index is 0.0958. The highest BCUT2D eigenvalue weighted by atomic mass is 127. The summed E-state index contributed by atoms with van der Waals surface area (Å²) >= 11 is 2.33. The third-order valence-electron chi connectivity index (χ3n) is 9.85. The molecule has 0 bridgehead atoms. The molecule has 0 aromatic heterocycles. The molecule has 1 atom stereocenters. The van der Waals surface area contributed by atoms with Gasteiger partial charge in [0.1, 0.15) is 34.9 Å². The molecule has 2 heterocycles. The van der Waals surface area contributed by atoms with Gasteiger partial charge in [-0.3, -0.25) is 0 Å². The number of hydrogen-bond donors (Lipinski definition) is 0. The summed E-state index contributed by atoms with van der Waals surface area (Å²) in [5.41, 5.74) is 5.62. The van der Waals surface area contributed by atoms with Crippen LogP contribution in [0.3, 0.4) is 0 Å². The second-order valence-corrected chi connectivity index (χ2v) is 25.7. The first-order chi connectivity index (χ1) is 21.0. The molecule has 0 aliphatic carbocycles. The molecule has 242 valence electrons. The largest absolute Gasteiger partial charge is 0.543 e. The molecule has 0 saturated carbocycles. The lowest BCUT2D eigenvalue weighted by Crippen LogP contribution is -2.43. The van der Waals surface area contributed by atoms with Gasteiger partial charge in [-0.1, -0.05) is 76.3 Å². The van der Waals surface area contributed by atoms with Gasteiger partial charge in [0.2, 0.25) is 16.6 Å². The number of benzene rings is 3. The highest BCUT2D eigenvalue weighted by Gasteiger charge is 2.41. The maximum absolute atomic E-state index is 6.97. The van der Waals surface area contributed by atoms with E-state index in [9.17, 15) is 0 Å². The summed E-state index contributed by atoms with van der Waals surface area (Å²) in [6.07, 6.45) is 0.455. The number of halogens is 1. The summed E-state index contributed by atoms with van der Waals surface area (Å²) < 4.78 is 33.7. The van der Waals surface area contributed by atoms with Crippen molar-refractivity contribution in [3.63, 3.8) is 0 Å². The van der Waals surface area contributed by atoms with E-state index < -0.39 is 16.6 Å². The second-order valence-electron chi connectivity index (χ2n) is 15.1. The molecule has 0 amide bonds. The van der Waals surface area contributed by atoms with Crippen molar-refractivity contribution in [2.24, 2.45) is 0 Å². The molecule has 2 aliphatic rings. The second kappa shape index (κ2) is 12.6. The molecule has 0 spiro atoms. The maximum atomic E-state index is 6.97. The summed E-state index contributed by atoms with van der Waals surface area (Å²) in [6, 6.07) is 21.0. The monoisotopic (exact) mass is 756 g/mol. The molecule has 5 rings (SSSR count).